The van der Waals surface area contributed by atoms with E-state index in [9.17, 15) is 4.79 Å². The molecule has 3 atom stereocenters. The summed E-state index contributed by atoms with van der Waals surface area (Å²) in [7, 11) is 1.68. The smallest absolute Gasteiger partial charge is 0.263 e. The zero-order valence-corrected chi connectivity index (χ0v) is 18.8. The minimum atomic E-state index is -0.207. The van der Waals surface area contributed by atoms with Crippen molar-refractivity contribution in [3.05, 3.63) is 40.5 Å². The Hall–Kier alpha value is -2.95. The van der Waals surface area contributed by atoms with Gasteiger partial charge in [0, 0.05) is 55.5 Å². The van der Waals surface area contributed by atoms with Crippen molar-refractivity contribution < 1.29 is 14.3 Å². The summed E-state index contributed by atoms with van der Waals surface area (Å²) < 4.78 is 11.4. The molecule has 0 unspecified atom stereocenters. The fourth-order valence-corrected chi connectivity index (χ4v) is 5.31. The van der Waals surface area contributed by atoms with Gasteiger partial charge in [-0.3, -0.25) is 4.79 Å². The van der Waals surface area contributed by atoms with Gasteiger partial charge < -0.3 is 31.2 Å². The van der Waals surface area contributed by atoms with E-state index in [1.807, 2.05) is 31.3 Å². The number of fused-ring (bicyclic) bond motifs is 2. The fraction of sp³-hybridized carbons (Fsp3) is 0.409. The van der Waals surface area contributed by atoms with Gasteiger partial charge in [0.25, 0.3) is 5.91 Å². The number of rotatable bonds is 4. The second-order valence-corrected chi connectivity index (χ2v) is 9.33. The van der Waals surface area contributed by atoms with E-state index in [4.69, 9.17) is 20.9 Å². The van der Waals surface area contributed by atoms with Crippen molar-refractivity contribution in [3.63, 3.8) is 0 Å². The third-order valence-electron chi connectivity index (χ3n) is 6.05. The number of aryl methyl sites for hydroxylation is 1. The highest BCUT2D eigenvalue weighted by molar-refractivity contribution is 7.21. The van der Waals surface area contributed by atoms with Crippen LogP contribution in [0.1, 0.15) is 20.9 Å². The maximum Gasteiger partial charge on any atom is 0.263 e. The summed E-state index contributed by atoms with van der Waals surface area (Å²) in [6, 6.07) is 5.53. The minimum absolute atomic E-state index is 0.00575. The first-order chi connectivity index (χ1) is 15.4. The van der Waals surface area contributed by atoms with Crippen LogP contribution in [0.2, 0.25) is 0 Å². The molecule has 9 nitrogen and oxygen atoms in total. The maximum atomic E-state index is 12.9. The fourth-order valence-electron chi connectivity index (χ4n) is 4.27. The minimum Gasteiger partial charge on any atom is -0.491 e. The number of amides is 1. The summed E-state index contributed by atoms with van der Waals surface area (Å²) in [6.07, 6.45) is 2.44. The Bertz CT molecular complexity index is 1180. The molecule has 2 aliphatic heterocycles. The van der Waals surface area contributed by atoms with E-state index in [0.717, 1.165) is 33.0 Å². The van der Waals surface area contributed by atoms with Gasteiger partial charge in [0.15, 0.2) is 0 Å². The topological polar surface area (TPSA) is 129 Å². The van der Waals surface area contributed by atoms with Crippen LogP contribution < -0.4 is 26.4 Å². The molecular formula is C22H26N6O3S. The van der Waals surface area contributed by atoms with Crippen LogP contribution in [0.15, 0.2) is 24.4 Å². The molecular weight excluding hydrogens is 428 g/mol. The highest BCUT2D eigenvalue weighted by atomic mass is 32.1. The quantitative estimate of drug-likeness (QED) is 0.541. The number of ether oxygens (including phenoxy) is 2. The van der Waals surface area contributed by atoms with Crippen molar-refractivity contribution in [2.75, 3.05) is 37.4 Å². The lowest BCUT2D eigenvalue weighted by Crippen LogP contribution is -2.42. The normalized spacial score (nSPS) is 22.6. The van der Waals surface area contributed by atoms with Gasteiger partial charge in [0.05, 0.1) is 23.9 Å². The first-order valence-corrected chi connectivity index (χ1v) is 11.4. The van der Waals surface area contributed by atoms with Crippen LogP contribution in [0.25, 0.3) is 10.2 Å². The second-order valence-electron chi connectivity index (χ2n) is 8.33. The predicted octanol–water partition coefficient (Wildman–Crippen LogP) is 1.48. The SMILES string of the molecule is CO[C@H]1CN(c2cc3c(cn2)C[C@@H](NC(=O)c2sc4nc(C)ccc4c2N)CO3)C[C@@H]1N. The van der Waals surface area contributed by atoms with Gasteiger partial charge in [-0.2, -0.15) is 0 Å². The van der Waals surface area contributed by atoms with E-state index in [0.29, 0.717) is 36.7 Å². The molecule has 2 aliphatic rings. The molecule has 0 saturated carbocycles. The molecule has 32 heavy (non-hydrogen) atoms. The summed E-state index contributed by atoms with van der Waals surface area (Å²) in [6.45, 7) is 3.69. The highest BCUT2D eigenvalue weighted by Crippen LogP contribution is 2.33. The van der Waals surface area contributed by atoms with Crippen molar-refractivity contribution in [1.82, 2.24) is 15.3 Å². The summed E-state index contributed by atoms with van der Waals surface area (Å²) >= 11 is 1.31. The van der Waals surface area contributed by atoms with Crippen molar-refractivity contribution in [1.29, 1.82) is 0 Å². The first-order valence-electron chi connectivity index (χ1n) is 10.5. The van der Waals surface area contributed by atoms with Crippen LogP contribution in [-0.4, -0.2) is 60.9 Å². The number of hydrogen-bond donors (Lipinski definition) is 3. The Kier molecular flexibility index (Phi) is 5.36. The number of hydrogen-bond acceptors (Lipinski definition) is 9. The molecule has 168 valence electrons. The number of carbonyl (C=O) groups excluding carboxylic acids is 1. The summed E-state index contributed by atoms with van der Waals surface area (Å²) in [5.74, 6) is 1.40. The molecule has 0 bridgehead atoms. The zero-order valence-electron chi connectivity index (χ0n) is 18.0. The Morgan fingerprint density at radius 3 is 3.00 bits per heavy atom. The van der Waals surface area contributed by atoms with E-state index in [2.05, 4.69) is 20.2 Å². The molecule has 0 spiro atoms. The first kappa shape index (κ1) is 20.9. The molecule has 10 heteroatoms. The monoisotopic (exact) mass is 454 g/mol. The number of nitrogens with zero attached hydrogens (tertiary/aromatic N) is 3. The average Bonchev–Trinajstić information content (AvgIpc) is 3.32. The Morgan fingerprint density at radius 2 is 2.22 bits per heavy atom. The standard InChI is InChI=1S/C22H26N6O3S/c1-11-3-4-14-19(24)20(32-22(14)26-11)21(29)27-13-5-12-7-25-18(6-16(12)31-10-13)28-8-15(23)17(9-28)30-2/h3-4,6-7,13,15,17H,5,8-10,23-24H2,1-2H3,(H,27,29)/t13-,15+,17+/m1/s1. The van der Waals surface area contributed by atoms with Gasteiger partial charge in [-0.1, -0.05) is 0 Å². The van der Waals surface area contributed by atoms with E-state index >= 15 is 0 Å². The molecule has 3 aromatic rings. The van der Waals surface area contributed by atoms with E-state index < -0.39 is 0 Å². The molecule has 5 rings (SSSR count). The molecule has 0 aliphatic carbocycles. The van der Waals surface area contributed by atoms with Crippen LogP contribution in [0.5, 0.6) is 5.75 Å². The summed E-state index contributed by atoms with van der Waals surface area (Å²) in [5, 5.41) is 3.86. The number of nitrogens with two attached hydrogens (primary N) is 2. The summed E-state index contributed by atoms with van der Waals surface area (Å²) in [4.78, 5) is 25.3. The van der Waals surface area contributed by atoms with Crippen LogP contribution in [0.4, 0.5) is 11.5 Å². The zero-order chi connectivity index (χ0) is 22.4. The van der Waals surface area contributed by atoms with Crippen LogP contribution >= 0.6 is 11.3 Å². The van der Waals surface area contributed by atoms with Crippen LogP contribution in [0, 0.1) is 6.92 Å². The van der Waals surface area contributed by atoms with Crippen molar-refractivity contribution in [2.45, 2.75) is 31.5 Å². The lowest BCUT2D eigenvalue weighted by Gasteiger charge is -2.27. The molecule has 5 N–H and O–H groups in total. The van der Waals surface area contributed by atoms with Gasteiger partial charge in [0.2, 0.25) is 0 Å². The Labute approximate surface area is 189 Å². The highest BCUT2D eigenvalue weighted by Gasteiger charge is 2.32. The molecule has 0 radical (unpaired) electrons. The lowest BCUT2D eigenvalue weighted by atomic mass is 10.0. The molecule has 1 saturated heterocycles. The average molecular weight is 455 g/mol. The number of thiophene rings is 1. The molecule has 3 aromatic heterocycles. The van der Waals surface area contributed by atoms with E-state index in [-0.39, 0.29) is 24.1 Å². The maximum absolute atomic E-state index is 12.9. The molecule has 1 fully saturated rings. The lowest BCUT2D eigenvalue weighted by molar-refractivity contribution is 0.0920. The van der Waals surface area contributed by atoms with Crippen molar-refractivity contribution >= 4 is 39.0 Å². The van der Waals surface area contributed by atoms with Crippen LogP contribution in [-0.2, 0) is 11.2 Å². The second kappa shape index (κ2) is 8.19. The van der Waals surface area contributed by atoms with Crippen molar-refractivity contribution in [2.24, 2.45) is 5.73 Å². The third-order valence-corrected chi connectivity index (χ3v) is 7.16. The van der Waals surface area contributed by atoms with Crippen molar-refractivity contribution in [3.8, 4) is 5.75 Å². The van der Waals surface area contributed by atoms with Gasteiger partial charge in [-0.15, -0.1) is 11.3 Å². The molecule has 1 amide bonds. The predicted molar refractivity (Wildman–Crippen MR) is 124 cm³/mol. The van der Waals surface area contributed by atoms with E-state index in [1.54, 1.807) is 7.11 Å². The van der Waals surface area contributed by atoms with Gasteiger partial charge >= 0.3 is 0 Å². The van der Waals surface area contributed by atoms with Gasteiger partial charge in [-0.05, 0) is 19.1 Å². The third kappa shape index (κ3) is 3.74. The number of aromatic nitrogens is 2. The number of nitrogen functional groups attached to an aromatic ring is 1. The number of methoxy groups -OCH3 is 1. The summed E-state index contributed by atoms with van der Waals surface area (Å²) in [5.41, 5.74) is 14.7. The Balaban J connectivity index is 1.28. The molecule has 0 aromatic carbocycles. The van der Waals surface area contributed by atoms with Gasteiger partial charge in [0.1, 0.15) is 27.9 Å². The largest absolute Gasteiger partial charge is 0.491 e. The van der Waals surface area contributed by atoms with Gasteiger partial charge in [-0.25, -0.2) is 9.97 Å². The number of carbonyl (C=O) groups is 1. The number of nitrogens with one attached hydrogen (secondary N) is 1. The molecule has 5 heterocycles. The number of pyridine rings is 2. The van der Waals surface area contributed by atoms with Crippen LogP contribution in [0.3, 0.4) is 0 Å². The number of anilines is 2. The van der Waals surface area contributed by atoms with E-state index in [1.165, 1.54) is 11.3 Å². The Morgan fingerprint density at radius 1 is 1.38 bits per heavy atom.